The highest BCUT2D eigenvalue weighted by atomic mass is 19.4. The molecule has 11 heteroatoms. The Morgan fingerprint density at radius 1 is 1.17 bits per heavy atom. The van der Waals surface area contributed by atoms with Gasteiger partial charge in [0.2, 0.25) is 0 Å². The third-order valence-corrected chi connectivity index (χ3v) is 4.56. The van der Waals surface area contributed by atoms with Crippen molar-refractivity contribution >= 4 is 0 Å². The molecule has 2 heterocycles. The van der Waals surface area contributed by atoms with Gasteiger partial charge < -0.3 is 5.32 Å². The lowest BCUT2D eigenvalue weighted by Gasteiger charge is -2.19. The zero-order valence-electron chi connectivity index (χ0n) is 16.1. The van der Waals surface area contributed by atoms with Crippen LogP contribution in [-0.4, -0.2) is 32.5 Å². The molecule has 1 aromatic carbocycles. The van der Waals surface area contributed by atoms with Gasteiger partial charge >= 0.3 is 12.0 Å². The highest BCUT2D eigenvalue weighted by molar-refractivity contribution is 5.63. The molecule has 0 aliphatic rings. The number of hydrogen-bond donors (Lipinski definition) is 1. The molecule has 0 amide bonds. The van der Waals surface area contributed by atoms with Gasteiger partial charge in [-0.15, -0.1) is 13.2 Å². The van der Waals surface area contributed by atoms with E-state index in [0.717, 1.165) is 6.92 Å². The minimum Gasteiger partial charge on any atom is -0.318 e. The van der Waals surface area contributed by atoms with Gasteiger partial charge in [-0.1, -0.05) is 0 Å². The molecule has 0 saturated heterocycles. The summed E-state index contributed by atoms with van der Waals surface area (Å²) in [4.78, 5) is 25.5. The molecule has 156 valence electrons. The van der Waals surface area contributed by atoms with Crippen LogP contribution in [0.3, 0.4) is 0 Å². The van der Waals surface area contributed by atoms with E-state index in [-0.39, 0.29) is 28.9 Å². The Hall–Kier alpha value is -3.65. The first-order valence-electron chi connectivity index (χ1n) is 8.84. The van der Waals surface area contributed by atoms with Crippen molar-refractivity contribution in [3.63, 3.8) is 0 Å². The van der Waals surface area contributed by atoms with E-state index in [1.807, 2.05) is 6.07 Å². The van der Waals surface area contributed by atoms with Crippen molar-refractivity contribution in [1.82, 2.24) is 24.2 Å². The minimum absolute atomic E-state index is 0.0958. The third kappa shape index (κ3) is 3.65. The van der Waals surface area contributed by atoms with Gasteiger partial charge in [0.15, 0.2) is 0 Å². The molecule has 0 unspecified atom stereocenters. The molecule has 0 atom stereocenters. The average Bonchev–Trinajstić information content (AvgIpc) is 3.16. The minimum atomic E-state index is -5.01. The molecule has 2 aromatic heterocycles. The topological polar surface area (TPSA) is 97.6 Å². The van der Waals surface area contributed by atoms with Gasteiger partial charge in [-0.25, -0.2) is 14.0 Å². The van der Waals surface area contributed by atoms with Gasteiger partial charge in [0, 0.05) is 18.8 Å². The Morgan fingerprint density at radius 3 is 2.40 bits per heavy atom. The van der Waals surface area contributed by atoms with Crippen LogP contribution in [0.5, 0.6) is 0 Å². The van der Waals surface area contributed by atoms with E-state index in [1.54, 1.807) is 19.2 Å². The highest BCUT2D eigenvalue weighted by Crippen LogP contribution is 2.27. The smallest absolute Gasteiger partial charge is 0.318 e. The van der Waals surface area contributed by atoms with Crippen molar-refractivity contribution < 1.29 is 13.2 Å². The number of hydrogen-bond acceptors (Lipinski definition) is 5. The van der Waals surface area contributed by atoms with Crippen LogP contribution in [0.15, 0.2) is 46.1 Å². The molecular weight excluding hydrogens is 401 g/mol. The first-order valence-corrected chi connectivity index (χ1v) is 8.84. The van der Waals surface area contributed by atoms with Gasteiger partial charge in [0.05, 0.1) is 34.8 Å². The molecule has 0 fully saturated rings. The van der Waals surface area contributed by atoms with Gasteiger partial charge in [0.25, 0.3) is 5.56 Å². The normalized spacial score (nSPS) is 11.5. The molecule has 0 radical (unpaired) electrons. The van der Waals surface area contributed by atoms with Crippen molar-refractivity contribution in [3.8, 4) is 23.0 Å². The van der Waals surface area contributed by atoms with E-state index in [0.29, 0.717) is 15.8 Å². The number of nitriles is 1. The molecule has 8 nitrogen and oxygen atoms in total. The van der Waals surface area contributed by atoms with Gasteiger partial charge in [-0.3, -0.25) is 9.36 Å². The fraction of sp³-hybridized carbons (Fsp3) is 0.263. The maximum atomic E-state index is 13.7. The number of benzene rings is 1. The summed E-state index contributed by atoms with van der Waals surface area (Å²) >= 11 is 0. The molecule has 3 aromatic rings. The van der Waals surface area contributed by atoms with E-state index in [4.69, 9.17) is 5.26 Å². The summed E-state index contributed by atoms with van der Waals surface area (Å²) in [5.74, 6) is 0. The predicted octanol–water partition coefficient (Wildman–Crippen LogP) is 1.74. The fourth-order valence-electron chi connectivity index (χ4n) is 3.14. The molecule has 0 saturated carbocycles. The number of rotatable bonds is 5. The first-order chi connectivity index (χ1) is 14.2. The van der Waals surface area contributed by atoms with Crippen molar-refractivity contribution in [1.29, 1.82) is 5.26 Å². The van der Waals surface area contributed by atoms with E-state index in [9.17, 15) is 22.8 Å². The summed E-state index contributed by atoms with van der Waals surface area (Å²) in [6.07, 6.45) is -3.67. The second kappa shape index (κ2) is 8.00. The predicted molar refractivity (Wildman–Crippen MR) is 102 cm³/mol. The molecule has 3 rings (SSSR count). The SMILES string of the molecule is CNCCn1c(=O)c(-c2ccnn2-c2ccc(C#N)cc2)c(C)n(C(F)(F)F)c1=O. The van der Waals surface area contributed by atoms with Crippen molar-refractivity contribution in [2.24, 2.45) is 0 Å². The van der Waals surface area contributed by atoms with Crippen LogP contribution in [-0.2, 0) is 12.8 Å². The Balaban J connectivity index is 2.32. The fourth-order valence-corrected chi connectivity index (χ4v) is 3.14. The van der Waals surface area contributed by atoms with Gasteiger partial charge in [-0.2, -0.15) is 10.4 Å². The van der Waals surface area contributed by atoms with Crippen molar-refractivity contribution in [3.05, 3.63) is 68.6 Å². The van der Waals surface area contributed by atoms with Gasteiger partial charge in [0.1, 0.15) is 0 Å². The molecule has 30 heavy (non-hydrogen) atoms. The second-order valence-corrected chi connectivity index (χ2v) is 6.39. The molecule has 1 N–H and O–H groups in total. The average molecular weight is 418 g/mol. The zero-order valence-corrected chi connectivity index (χ0v) is 16.1. The number of nitrogens with one attached hydrogen (secondary N) is 1. The summed E-state index contributed by atoms with van der Waals surface area (Å²) in [6.45, 7) is 0.969. The van der Waals surface area contributed by atoms with Crippen LogP contribution < -0.4 is 16.6 Å². The third-order valence-electron chi connectivity index (χ3n) is 4.56. The summed E-state index contributed by atoms with van der Waals surface area (Å²) in [7, 11) is 1.56. The molecule has 0 bridgehead atoms. The van der Waals surface area contributed by atoms with E-state index < -0.39 is 23.2 Å². The maximum Gasteiger partial charge on any atom is 0.492 e. The Morgan fingerprint density at radius 2 is 1.83 bits per heavy atom. The Labute approximate surface area is 168 Å². The van der Waals surface area contributed by atoms with Crippen LogP contribution in [0.1, 0.15) is 11.3 Å². The van der Waals surface area contributed by atoms with Crippen LogP contribution in [0.4, 0.5) is 13.2 Å². The number of likely N-dealkylation sites (N-methyl/N-ethyl adjacent to an activating group) is 1. The van der Waals surface area contributed by atoms with Crippen molar-refractivity contribution in [2.45, 2.75) is 19.8 Å². The monoisotopic (exact) mass is 418 g/mol. The van der Waals surface area contributed by atoms with E-state index >= 15 is 0 Å². The van der Waals surface area contributed by atoms with E-state index in [1.165, 1.54) is 29.1 Å². The van der Waals surface area contributed by atoms with Crippen LogP contribution in [0.2, 0.25) is 0 Å². The highest BCUT2D eigenvalue weighted by Gasteiger charge is 2.37. The van der Waals surface area contributed by atoms with Crippen LogP contribution in [0.25, 0.3) is 16.9 Å². The van der Waals surface area contributed by atoms with E-state index in [2.05, 4.69) is 10.4 Å². The number of halogens is 3. The summed E-state index contributed by atoms with van der Waals surface area (Å²) in [6, 6.07) is 9.53. The van der Waals surface area contributed by atoms with Crippen LogP contribution in [0, 0.1) is 18.3 Å². The summed E-state index contributed by atoms with van der Waals surface area (Å²) in [5.41, 5.74) is -2.18. The number of alkyl halides is 3. The zero-order chi connectivity index (χ0) is 22.1. The standard InChI is InChI=1S/C19H17F3N6O2/c1-12-16(15-7-8-25-28(15)14-5-3-13(11-23)4-6-14)17(29)26(10-9-24-2)18(30)27(12)19(20,21)22/h3-8,24H,9-10H2,1-2H3. The molecular formula is C19H17F3N6O2. The number of aromatic nitrogens is 4. The molecule has 0 aliphatic heterocycles. The first kappa shape index (κ1) is 21.1. The summed E-state index contributed by atoms with van der Waals surface area (Å²) < 4.78 is 42.5. The lowest BCUT2D eigenvalue weighted by molar-refractivity contribution is -0.208. The maximum absolute atomic E-state index is 13.7. The van der Waals surface area contributed by atoms with Gasteiger partial charge in [-0.05, 0) is 44.3 Å². The molecule has 0 spiro atoms. The molecule has 0 aliphatic carbocycles. The van der Waals surface area contributed by atoms with Crippen LogP contribution >= 0.6 is 0 Å². The Bertz CT molecular complexity index is 1230. The largest absolute Gasteiger partial charge is 0.492 e. The summed E-state index contributed by atoms with van der Waals surface area (Å²) in [5, 5.41) is 15.8. The second-order valence-electron chi connectivity index (χ2n) is 6.39. The lowest BCUT2D eigenvalue weighted by Crippen LogP contribution is -2.47. The lowest BCUT2D eigenvalue weighted by atomic mass is 10.1. The van der Waals surface area contributed by atoms with Crippen molar-refractivity contribution in [2.75, 3.05) is 13.6 Å². The Kier molecular flexibility index (Phi) is 5.62. The quantitative estimate of drug-likeness (QED) is 0.681. The number of nitrogens with zero attached hydrogens (tertiary/aromatic N) is 5.